The Morgan fingerprint density at radius 2 is 0.904 bits per heavy atom. The van der Waals surface area contributed by atoms with Gasteiger partial charge in [0.1, 0.15) is 0 Å². The topological polar surface area (TPSA) is 8.17 Å². The van der Waals surface area contributed by atoms with Crippen molar-refractivity contribution in [1.29, 1.82) is 0 Å². The number of hydrogen-bond donors (Lipinski definition) is 0. The average molecular weight is 663 g/mol. The summed E-state index contributed by atoms with van der Waals surface area (Å²) >= 11 is 0. The first-order valence-electron chi connectivity index (χ1n) is 17.9. The first kappa shape index (κ1) is 30.0. The summed E-state index contributed by atoms with van der Waals surface area (Å²) in [5.74, 6) is 0. The van der Waals surface area contributed by atoms with Crippen molar-refractivity contribution in [2.24, 2.45) is 0 Å². The van der Waals surface area contributed by atoms with Gasteiger partial charge >= 0.3 is 0 Å². The van der Waals surface area contributed by atoms with Crippen molar-refractivity contribution in [1.82, 2.24) is 4.57 Å². The van der Waals surface area contributed by atoms with E-state index >= 15 is 0 Å². The minimum Gasteiger partial charge on any atom is -0.309 e. The van der Waals surface area contributed by atoms with E-state index in [0.717, 1.165) is 17.1 Å². The lowest BCUT2D eigenvalue weighted by Gasteiger charge is -2.29. The molecule has 0 unspecified atom stereocenters. The Balaban J connectivity index is 1.17. The number of nitrogens with zero attached hydrogens (tertiary/aromatic N) is 2. The summed E-state index contributed by atoms with van der Waals surface area (Å²) in [6, 6.07) is 74.7. The molecule has 0 aliphatic carbocycles. The van der Waals surface area contributed by atoms with Crippen LogP contribution in [0.1, 0.15) is 0 Å². The Morgan fingerprint density at radius 3 is 1.71 bits per heavy atom. The Hall–Kier alpha value is -6.90. The molecule has 0 saturated carbocycles. The fourth-order valence-electron chi connectivity index (χ4n) is 7.97. The smallest absolute Gasteiger partial charge is 0.0541 e. The first-order chi connectivity index (χ1) is 25.8. The van der Waals surface area contributed by atoms with Crippen LogP contribution >= 0.6 is 0 Å². The summed E-state index contributed by atoms with van der Waals surface area (Å²) in [5.41, 5.74) is 11.8. The van der Waals surface area contributed by atoms with Crippen LogP contribution in [0, 0.1) is 0 Å². The molecule has 244 valence electrons. The zero-order valence-corrected chi connectivity index (χ0v) is 28.5. The maximum atomic E-state index is 2.43. The summed E-state index contributed by atoms with van der Waals surface area (Å²) in [5, 5.41) is 7.36. The van der Waals surface area contributed by atoms with E-state index in [2.05, 4.69) is 216 Å². The predicted octanol–water partition coefficient (Wildman–Crippen LogP) is 13.9. The highest BCUT2D eigenvalue weighted by molar-refractivity contribution is 6.13. The second-order valence-electron chi connectivity index (χ2n) is 13.3. The molecule has 0 radical (unpaired) electrons. The summed E-state index contributed by atoms with van der Waals surface area (Å²) in [4.78, 5) is 2.43. The van der Waals surface area contributed by atoms with Crippen molar-refractivity contribution in [3.63, 3.8) is 0 Å². The molecule has 0 amide bonds. The molecular formula is C50H34N2. The molecule has 1 heterocycles. The maximum absolute atomic E-state index is 2.43. The largest absolute Gasteiger partial charge is 0.309 e. The zero-order valence-electron chi connectivity index (χ0n) is 28.5. The van der Waals surface area contributed by atoms with Gasteiger partial charge in [0.15, 0.2) is 0 Å². The van der Waals surface area contributed by atoms with Crippen molar-refractivity contribution in [2.75, 3.05) is 4.90 Å². The molecule has 1 aromatic heterocycles. The highest BCUT2D eigenvalue weighted by Crippen LogP contribution is 2.45. The van der Waals surface area contributed by atoms with Crippen molar-refractivity contribution in [2.45, 2.75) is 0 Å². The monoisotopic (exact) mass is 662 g/mol. The summed E-state index contributed by atoms with van der Waals surface area (Å²) in [7, 11) is 0. The van der Waals surface area contributed by atoms with E-state index in [1.165, 1.54) is 71.3 Å². The number of aromatic nitrogens is 1. The number of benzene rings is 9. The molecule has 52 heavy (non-hydrogen) atoms. The van der Waals surface area contributed by atoms with Crippen molar-refractivity contribution >= 4 is 60.4 Å². The summed E-state index contributed by atoms with van der Waals surface area (Å²) in [6.07, 6.45) is 0. The van der Waals surface area contributed by atoms with E-state index in [1.807, 2.05) is 0 Å². The number of rotatable bonds is 6. The van der Waals surface area contributed by atoms with Gasteiger partial charge < -0.3 is 9.47 Å². The minimum atomic E-state index is 1.11. The molecule has 0 bridgehead atoms. The molecule has 2 heteroatoms. The first-order valence-corrected chi connectivity index (χ1v) is 17.9. The Morgan fingerprint density at radius 1 is 0.327 bits per heavy atom. The van der Waals surface area contributed by atoms with E-state index in [0.29, 0.717) is 0 Å². The van der Waals surface area contributed by atoms with E-state index in [9.17, 15) is 0 Å². The van der Waals surface area contributed by atoms with Crippen LogP contribution in [-0.4, -0.2) is 4.57 Å². The number of fused-ring (bicyclic) bond motifs is 5. The van der Waals surface area contributed by atoms with E-state index < -0.39 is 0 Å². The lowest BCUT2D eigenvalue weighted by atomic mass is 9.95. The third kappa shape index (κ3) is 4.96. The highest BCUT2D eigenvalue weighted by Gasteiger charge is 2.20. The Kier molecular flexibility index (Phi) is 7.18. The van der Waals surface area contributed by atoms with Gasteiger partial charge in [0, 0.05) is 32.9 Å². The molecular weight excluding hydrogens is 629 g/mol. The van der Waals surface area contributed by atoms with Crippen LogP contribution in [0.3, 0.4) is 0 Å². The summed E-state index contributed by atoms with van der Waals surface area (Å²) in [6.45, 7) is 0. The zero-order chi connectivity index (χ0) is 34.4. The lowest BCUT2D eigenvalue weighted by molar-refractivity contribution is 1.18. The van der Waals surface area contributed by atoms with Crippen LogP contribution in [0.5, 0.6) is 0 Å². The lowest BCUT2D eigenvalue weighted by Crippen LogP contribution is -2.11. The quantitative estimate of drug-likeness (QED) is 0.172. The molecule has 0 aliphatic rings. The number of hydrogen-bond acceptors (Lipinski definition) is 1. The van der Waals surface area contributed by atoms with Crippen LogP contribution in [-0.2, 0) is 0 Å². The molecule has 0 saturated heterocycles. The molecule has 0 fully saturated rings. The molecule has 0 aliphatic heterocycles. The number of anilines is 3. The molecule has 10 rings (SSSR count). The maximum Gasteiger partial charge on any atom is 0.0541 e. The van der Waals surface area contributed by atoms with Gasteiger partial charge in [0.2, 0.25) is 0 Å². The number of para-hydroxylation sites is 2. The van der Waals surface area contributed by atoms with Gasteiger partial charge in [-0.3, -0.25) is 0 Å². The molecule has 10 aromatic rings. The molecule has 2 nitrogen and oxygen atoms in total. The fourth-order valence-corrected chi connectivity index (χ4v) is 7.97. The van der Waals surface area contributed by atoms with Crippen LogP contribution in [0.25, 0.3) is 71.3 Å². The Bertz CT molecular complexity index is 2880. The Labute approximate surface area is 303 Å². The van der Waals surface area contributed by atoms with Crippen LogP contribution < -0.4 is 4.90 Å². The van der Waals surface area contributed by atoms with Crippen LogP contribution in [0.2, 0.25) is 0 Å². The van der Waals surface area contributed by atoms with E-state index in [-0.39, 0.29) is 0 Å². The average Bonchev–Trinajstić information content (AvgIpc) is 3.56. The molecule has 0 atom stereocenters. The molecule has 9 aromatic carbocycles. The van der Waals surface area contributed by atoms with Crippen LogP contribution in [0.4, 0.5) is 17.1 Å². The van der Waals surface area contributed by atoms with Crippen molar-refractivity contribution < 1.29 is 0 Å². The molecule has 0 N–H and O–H groups in total. The normalized spacial score (nSPS) is 11.5. The second kappa shape index (κ2) is 12.5. The van der Waals surface area contributed by atoms with Gasteiger partial charge in [-0.1, -0.05) is 152 Å². The van der Waals surface area contributed by atoms with Gasteiger partial charge in [-0.15, -0.1) is 0 Å². The van der Waals surface area contributed by atoms with Crippen LogP contribution in [0.15, 0.2) is 206 Å². The third-order valence-electron chi connectivity index (χ3n) is 10.4. The highest BCUT2D eigenvalue weighted by atomic mass is 15.1. The van der Waals surface area contributed by atoms with Crippen molar-refractivity contribution in [3.05, 3.63) is 206 Å². The van der Waals surface area contributed by atoms with Gasteiger partial charge in [0.05, 0.1) is 22.4 Å². The van der Waals surface area contributed by atoms with Gasteiger partial charge in [-0.25, -0.2) is 0 Å². The third-order valence-corrected chi connectivity index (χ3v) is 10.4. The predicted molar refractivity (Wildman–Crippen MR) is 221 cm³/mol. The van der Waals surface area contributed by atoms with E-state index in [4.69, 9.17) is 0 Å². The van der Waals surface area contributed by atoms with E-state index in [1.54, 1.807) is 0 Å². The standard InChI is InChI=1S/C50H34N2/c1-3-14-35(15-4-1)36-26-29-40(30-27-36)52(47-25-13-17-37-16-7-8-20-42(37)47)49-33-31-41(43-21-9-10-22-44(43)49)38-28-32-50-46(34-38)45-23-11-12-24-48(45)51(50)39-18-5-2-6-19-39/h1-34H. The fraction of sp³-hybridized carbons (Fsp3) is 0. The molecule has 0 spiro atoms. The van der Waals surface area contributed by atoms with Crippen molar-refractivity contribution in [3.8, 4) is 27.9 Å². The van der Waals surface area contributed by atoms with Gasteiger partial charge in [0.25, 0.3) is 0 Å². The SMILES string of the molecule is c1ccc(-c2ccc(N(c3cccc4ccccc34)c3ccc(-c4ccc5c(c4)c4ccccc4n5-c4ccccc4)c4ccccc34)cc2)cc1. The van der Waals surface area contributed by atoms with Gasteiger partial charge in [-0.2, -0.15) is 0 Å². The second-order valence-corrected chi connectivity index (χ2v) is 13.3. The van der Waals surface area contributed by atoms with Gasteiger partial charge in [-0.05, 0) is 87.6 Å². The minimum absolute atomic E-state index is 1.11. The summed E-state index contributed by atoms with van der Waals surface area (Å²) < 4.78 is 2.38.